The summed E-state index contributed by atoms with van der Waals surface area (Å²) in [6.45, 7) is 4.25. The van der Waals surface area contributed by atoms with Gasteiger partial charge in [-0.25, -0.2) is 4.98 Å². The predicted octanol–water partition coefficient (Wildman–Crippen LogP) is 5.60. The number of nitrogens with one attached hydrogen (secondary N) is 2. The van der Waals surface area contributed by atoms with Gasteiger partial charge in [0, 0.05) is 28.6 Å². The Hall–Kier alpha value is -3.14. The van der Waals surface area contributed by atoms with Crippen LogP contribution in [0.15, 0.2) is 48.7 Å². The van der Waals surface area contributed by atoms with Crippen molar-refractivity contribution in [3.8, 4) is 11.1 Å². The van der Waals surface area contributed by atoms with Gasteiger partial charge in [-0.1, -0.05) is 31.2 Å². The number of anilines is 1. The maximum atomic E-state index is 12.2. The summed E-state index contributed by atoms with van der Waals surface area (Å²) >= 11 is 0. The van der Waals surface area contributed by atoms with Crippen LogP contribution in [0.25, 0.3) is 33.1 Å². The van der Waals surface area contributed by atoms with Crippen LogP contribution in [0.3, 0.4) is 0 Å². The highest BCUT2D eigenvalue weighted by Gasteiger charge is 2.29. The largest absolute Gasteiger partial charge is 0.339 e. The molecule has 4 nitrogen and oxygen atoms in total. The SMILES string of the molecule is CCc1ccc(-c2cccc(NC(=O)C3CC3)c2)c2c1[nH]c1ncc(C)cc12. The molecule has 4 heteroatoms. The minimum atomic E-state index is 0.135. The summed E-state index contributed by atoms with van der Waals surface area (Å²) < 4.78 is 0. The van der Waals surface area contributed by atoms with E-state index in [1.54, 1.807) is 0 Å². The van der Waals surface area contributed by atoms with Crippen molar-refractivity contribution in [3.05, 3.63) is 59.8 Å². The fraction of sp³-hybridized carbons (Fsp3) is 0.250. The van der Waals surface area contributed by atoms with E-state index >= 15 is 0 Å². The van der Waals surface area contributed by atoms with E-state index in [2.05, 4.69) is 59.5 Å². The quantitative estimate of drug-likeness (QED) is 0.492. The van der Waals surface area contributed by atoms with E-state index in [0.29, 0.717) is 0 Å². The van der Waals surface area contributed by atoms with Gasteiger partial charge in [-0.05, 0) is 66.6 Å². The Balaban J connectivity index is 1.69. The fourth-order valence-electron chi connectivity index (χ4n) is 3.94. The number of amides is 1. The zero-order valence-electron chi connectivity index (χ0n) is 16.2. The molecule has 0 saturated heterocycles. The van der Waals surface area contributed by atoms with Gasteiger partial charge in [0.15, 0.2) is 0 Å². The third-order valence-corrected chi connectivity index (χ3v) is 5.60. The first-order valence-corrected chi connectivity index (χ1v) is 9.95. The molecule has 0 unspecified atom stereocenters. The maximum Gasteiger partial charge on any atom is 0.227 e. The molecule has 28 heavy (non-hydrogen) atoms. The molecule has 1 aliphatic rings. The van der Waals surface area contributed by atoms with E-state index in [-0.39, 0.29) is 11.8 Å². The molecule has 1 aliphatic carbocycles. The molecule has 2 aromatic carbocycles. The molecule has 140 valence electrons. The van der Waals surface area contributed by atoms with Gasteiger partial charge in [0.2, 0.25) is 5.91 Å². The summed E-state index contributed by atoms with van der Waals surface area (Å²) in [7, 11) is 0. The average molecular weight is 369 g/mol. The maximum absolute atomic E-state index is 12.2. The summed E-state index contributed by atoms with van der Waals surface area (Å²) in [6.07, 6.45) is 4.87. The minimum Gasteiger partial charge on any atom is -0.339 e. The Morgan fingerprint density at radius 2 is 2.07 bits per heavy atom. The van der Waals surface area contributed by atoms with Crippen molar-refractivity contribution in [1.82, 2.24) is 9.97 Å². The van der Waals surface area contributed by atoms with Gasteiger partial charge < -0.3 is 10.3 Å². The van der Waals surface area contributed by atoms with Gasteiger partial charge in [0.1, 0.15) is 5.65 Å². The lowest BCUT2D eigenvalue weighted by atomic mass is 9.96. The first kappa shape index (κ1) is 17.0. The molecule has 1 amide bonds. The lowest BCUT2D eigenvalue weighted by Gasteiger charge is -2.10. The number of carbonyl (C=O) groups is 1. The molecular formula is C24H23N3O. The van der Waals surface area contributed by atoms with Crippen LogP contribution in [0, 0.1) is 12.8 Å². The van der Waals surface area contributed by atoms with Gasteiger partial charge in [0.05, 0.1) is 5.52 Å². The van der Waals surface area contributed by atoms with Crippen LogP contribution in [0.4, 0.5) is 5.69 Å². The number of nitrogens with zero attached hydrogens (tertiary/aromatic N) is 1. The second kappa shape index (κ2) is 6.48. The van der Waals surface area contributed by atoms with E-state index in [0.717, 1.165) is 58.2 Å². The van der Waals surface area contributed by atoms with Gasteiger partial charge in [-0.2, -0.15) is 0 Å². The average Bonchev–Trinajstić information content (AvgIpc) is 3.49. The number of aromatic nitrogens is 2. The topological polar surface area (TPSA) is 57.8 Å². The van der Waals surface area contributed by atoms with E-state index in [4.69, 9.17) is 0 Å². The number of aryl methyl sites for hydroxylation is 2. The molecule has 0 atom stereocenters. The lowest BCUT2D eigenvalue weighted by molar-refractivity contribution is -0.117. The van der Waals surface area contributed by atoms with Crippen LogP contribution in [0.2, 0.25) is 0 Å². The number of benzene rings is 2. The number of H-pyrrole nitrogens is 1. The molecule has 2 N–H and O–H groups in total. The lowest BCUT2D eigenvalue weighted by Crippen LogP contribution is -2.13. The third kappa shape index (κ3) is 2.85. The summed E-state index contributed by atoms with van der Waals surface area (Å²) in [6, 6.07) is 14.7. The molecule has 0 spiro atoms. The number of aromatic amines is 1. The minimum absolute atomic E-state index is 0.135. The van der Waals surface area contributed by atoms with E-state index in [1.165, 1.54) is 10.9 Å². The zero-order chi connectivity index (χ0) is 19.3. The van der Waals surface area contributed by atoms with Crippen molar-refractivity contribution in [1.29, 1.82) is 0 Å². The third-order valence-electron chi connectivity index (χ3n) is 5.60. The molecule has 1 fully saturated rings. The van der Waals surface area contributed by atoms with E-state index in [9.17, 15) is 4.79 Å². The van der Waals surface area contributed by atoms with Crippen LogP contribution in [-0.2, 0) is 11.2 Å². The highest BCUT2D eigenvalue weighted by molar-refractivity contribution is 6.14. The van der Waals surface area contributed by atoms with Crippen LogP contribution in [-0.4, -0.2) is 15.9 Å². The molecule has 0 radical (unpaired) electrons. The van der Waals surface area contributed by atoms with E-state index in [1.807, 2.05) is 18.3 Å². The Labute approximate surface area is 164 Å². The summed E-state index contributed by atoms with van der Waals surface area (Å²) in [4.78, 5) is 20.3. The Morgan fingerprint density at radius 1 is 1.21 bits per heavy atom. The summed E-state index contributed by atoms with van der Waals surface area (Å²) in [5, 5.41) is 5.42. The van der Waals surface area contributed by atoms with Crippen molar-refractivity contribution in [2.45, 2.75) is 33.1 Å². The first-order valence-electron chi connectivity index (χ1n) is 9.95. The fourth-order valence-corrected chi connectivity index (χ4v) is 3.94. The number of pyridine rings is 1. The molecule has 2 heterocycles. The number of fused-ring (bicyclic) bond motifs is 3. The van der Waals surface area contributed by atoms with E-state index < -0.39 is 0 Å². The van der Waals surface area contributed by atoms with Crippen molar-refractivity contribution in [2.24, 2.45) is 5.92 Å². The highest BCUT2D eigenvalue weighted by Crippen LogP contribution is 2.37. The van der Waals surface area contributed by atoms with Gasteiger partial charge in [-0.15, -0.1) is 0 Å². The molecule has 4 aromatic rings. The van der Waals surface area contributed by atoms with Gasteiger partial charge in [0.25, 0.3) is 0 Å². The summed E-state index contributed by atoms with van der Waals surface area (Å²) in [5.74, 6) is 0.331. The molecule has 0 aliphatic heterocycles. The van der Waals surface area contributed by atoms with Crippen molar-refractivity contribution >= 4 is 33.5 Å². The van der Waals surface area contributed by atoms with Crippen molar-refractivity contribution in [3.63, 3.8) is 0 Å². The number of hydrogen-bond donors (Lipinski definition) is 2. The second-order valence-corrected chi connectivity index (χ2v) is 7.75. The van der Waals surface area contributed by atoms with Gasteiger partial charge >= 0.3 is 0 Å². The zero-order valence-corrected chi connectivity index (χ0v) is 16.2. The second-order valence-electron chi connectivity index (χ2n) is 7.75. The Morgan fingerprint density at radius 3 is 2.86 bits per heavy atom. The van der Waals surface area contributed by atoms with Crippen LogP contribution < -0.4 is 5.32 Å². The monoisotopic (exact) mass is 369 g/mol. The number of rotatable bonds is 4. The van der Waals surface area contributed by atoms with Crippen LogP contribution in [0.5, 0.6) is 0 Å². The van der Waals surface area contributed by atoms with Crippen LogP contribution in [0.1, 0.15) is 30.9 Å². The first-order chi connectivity index (χ1) is 13.6. The van der Waals surface area contributed by atoms with Crippen molar-refractivity contribution in [2.75, 3.05) is 5.32 Å². The summed E-state index contributed by atoms with van der Waals surface area (Å²) in [5.41, 5.74) is 7.62. The normalized spacial score (nSPS) is 13.9. The number of carbonyl (C=O) groups excluding carboxylic acids is 1. The molecule has 1 saturated carbocycles. The Bertz CT molecular complexity index is 1220. The standard InChI is InChI=1S/C24H23N3O/c1-3-15-9-10-19(21-20-11-14(2)13-25-23(20)27-22(15)21)17-5-4-6-18(12-17)26-24(28)16-7-8-16/h4-6,9-13,16H,3,7-8H2,1-2H3,(H,25,27)(H,26,28). The molecular weight excluding hydrogens is 346 g/mol. The molecule has 5 rings (SSSR count). The van der Waals surface area contributed by atoms with Crippen LogP contribution >= 0.6 is 0 Å². The Kier molecular flexibility index (Phi) is 3.93. The number of hydrogen-bond acceptors (Lipinski definition) is 2. The molecule has 0 bridgehead atoms. The van der Waals surface area contributed by atoms with Gasteiger partial charge in [-0.3, -0.25) is 4.79 Å². The van der Waals surface area contributed by atoms with Crippen molar-refractivity contribution < 1.29 is 4.79 Å². The smallest absolute Gasteiger partial charge is 0.227 e. The molecule has 2 aromatic heterocycles. The predicted molar refractivity (Wildman–Crippen MR) is 115 cm³/mol. The highest BCUT2D eigenvalue weighted by atomic mass is 16.2.